The molecule has 2 radical (unpaired) electrons. The second kappa shape index (κ2) is 18.2. The van der Waals surface area contributed by atoms with Crippen LogP contribution in [0.4, 0.5) is 4.79 Å². The summed E-state index contributed by atoms with van der Waals surface area (Å²) in [4.78, 5) is 26.5. The average molecular weight is 453 g/mol. The van der Waals surface area contributed by atoms with Crippen LogP contribution in [0.5, 0.6) is 0 Å². The number of hydrogen-bond acceptors (Lipinski definition) is 5. The van der Waals surface area contributed by atoms with Crippen LogP contribution in [0.2, 0.25) is 0 Å². The molecule has 1 heterocycles. The maximum Gasteiger partial charge on any atom is 0.407 e. The van der Waals surface area contributed by atoms with E-state index in [4.69, 9.17) is 9.47 Å². The molecule has 2 unspecified atom stereocenters. The summed E-state index contributed by atoms with van der Waals surface area (Å²) in [6.45, 7) is 11.1. The summed E-state index contributed by atoms with van der Waals surface area (Å²) in [6, 6.07) is 0.379. The van der Waals surface area contributed by atoms with Gasteiger partial charge < -0.3 is 19.7 Å². The van der Waals surface area contributed by atoms with Gasteiger partial charge in [-0.3, -0.25) is 4.79 Å². The van der Waals surface area contributed by atoms with Crippen LogP contribution < -0.4 is 5.32 Å². The number of esters is 1. The predicted molar refractivity (Wildman–Crippen MR) is 130 cm³/mol. The number of carbonyl (C=O) groups excluding carboxylic acids is 2. The minimum atomic E-state index is -0.615. The highest BCUT2D eigenvalue weighted by Gasteiger charge is 2.22. The van der Waals surface area contributed by atoms with E-state index in [1.807, 2.05) is 0 Å². The fourth-order valence-electron chi connectivity index (χ4n) is 4.28. The lowest BCUT2D eigenvalue weighted by molar-refractivity contribution is -0.146. The molecule has 1 rings (SSSR count). The number of likely N-dealkylation sites (N-methyl/N-ethyl adjacent to an activating group) is 1. The first-order chi connectivity index (χ1) is 15.4. The lowest BCUT2D eigenvalue weighted by atomic mass is 10.0. The second-order valence-corrected chi connectivity index (χ2v) is 9.31. The number of likely N-dealkylation sites (tertiary alicyclic amines) is 1. The van der Waals surface area contributed by atoms with Crippen molar-refractivity contribution in [3.05, 3.63) is 13.8 Å². The largest absolute Gasteiger partial charge is 0.462 e. The molecule has 1 aliphatic rings. The van der Waals surface area contributed by atoms with Crippen LogP contribution in [0.3, 0.4) is 0 Å². The molecule has 0 aromatic rings. The molecule has 32 heavy (non-hydrogen) atoms. The van der Waals surface area contributed by atoms with Crippen LogP contribution in [0.25, 0.3) is 0 Å². The highest BCUT2D eigenvalue weighted by atomic mass is 16.6. The van der Waals surface area contributed by atoms with Gasteiger partial charge in [-0.15, -0.1) is 0 Å². The van der Waals surface area contributed by atoms with Crippen molar-refractivity contribution in [2.75, 3.05) is 20.1 Å². The highest BCUT2D eigenvalue weighted by molar-refractivity contribution is 5.70. The number of nitrogens with zero attached hydrogens (tertiary/aromatic N) is 1. The van der Waals surface area contributed by atoms with E-state index in [0.717, 1.165) is 32.2 Å². The number of hydrogen-bond donors (Lipinski definition) is 1. The number of alkyl carbamates (subject to hydrolysis) is 1. The first-order valence-corrected chi connectivity index (χ1v) is 12.9. The Kier molecular flexibility index (Phi) is 16.3. The van der Waals surface area contributed by atoms with E-state index in [1.54, 1.807) is 0 Å². The quantitative estimate of drug-likeness (QED) is 0.209. The van der Waals surface area contributed by atoms with Crippen molar-refractivity contribution in [3.63, 3.8) is 0 Å². The third kappa shape index (κ3) is 14.7. The Morgan fingerprint density at radius 2 is 1.59 bits per heavy atom. The van der Waals surface area contributed by atoms with Gasteiger partial charge >= 0.3 is 12.1 Å². The Balaban J connectivity index is 2.28. The van der Waals surface area contributed by atoms with E-state index in [-0.39, 0.29) is 24.6 Å². The van der Waals surface area contributed by atoms with Gasteiger partial charge in [-0.05, 0) is 59.5 Å². The van der Waals surface area contributed by atoms with Gasteiger partial charge in [0.2, 0.25) is 0 Å². The summed E-state index contributed by atoms with van der Waals surface area (Å²) in [5.41, 5.74) is 0. The molecule has 6 heteroatoms. The molecule has 0 aliphatic carbocycles. The smallest absolute Gasteiger partial charge is 0.407 e. The second-order valence-electron chi connectivity index (χ2n) is 9.31. The van der Waals surface area contributed by atoms with Crippen molar-refractivity contribution in [2.24, 2.45) is 0 Å². The van der Waals surface area contributed by atoms with Crippen LogP contribution in [0.1, 0.15) is 103 Å². The summed E-state index contributed by atoms with van der Waals surface area (Å²) in [5, 5.41) is 2.91. The first-order valence-electron chi connectivity index (χ1n) is 12.9. The first kappa shape index (κ1) is 28.7. The molecule has 186 valence electrons. The molecular formula is C26H48N2O4. The van der Waals surface area contributed by atoms with Crippen molar-refractivity contribution in [2.45, 2.75) is 121 Å². The van der Waals surface area contributed by atoms with Crippen molar-refractivity contribution in [1.82, 2.24) is 10.2 Å². The SMILES string of the molecule is [CH2]C([CH2])OC(=O)CCC(CCCCCCCCCCCC)OC(=O)NCC1CCCN1C. The van der Waals surface area contributed by atoms with E-state index in [1.165, 1.54) is 57.8 Å². The Bertz CT molecular complexity index is 498. The molecule has 1 N–H and O–H groups in total. The summed E-state index contributed by atoms with van der Waals surface area (Å²) in [5.74, 6) is -0.343. The van der Waals surface area contributed by atoms with E-state index >= 15 is 0 Å². The van der Waals surface area contributed by atoms with E-state index in [0.29, 0.717) is 19.0 Å². The number of amides is 1. The predicted octanol–water partition coefficient (Wildman–Crippen LogP) is 5.85. The number of ether oxygens (including phenoxy) is 2. The Morgan fingerprint density at radius 1 is 0.969 bits per heavy atom. The highest BCUT2D eigenvalue weighted by Crippen LogP contribution is 2.17. The number of rotatable bonds is 18. The molecule has 0 aromatic carbocycles. The van der Waals surface area contributed by atoms with Crippen LogP contribution in [0, 0.1) is 13.8 Å². The molecule has 1 amide bonds. The molecule has 0 spiro atoms. The standard InChI is InChI=1S/C26H48N2O4/c1-5-6-7-8-9-10-11-12-13-14-17-24(18-19-25(29)31-22(2)3)32-26(30)27-21-23-16-15-20-28(23)4/h22-24H,2-3,5-21H2,1,4H3,(H,27,30). The summed E-state index contributed by atoms with van der Waals surface area (Å²) in [7, 11) is 2.09. The van der Waals surface area contributed by atoms with Crippen molar-refractivity contribution >= 4 is 12.1 Å². The Hall–Kier alpha value is -1.30. The summed E-state index contributed by atoms with van der Waals surface area (Å²) < 4.78 is 10.7. The number of unbranched alkanes of at least 4 members (excludes halogenated alkanes) is 9. The zero-order chi connectivity index (χ0) is 23.6. The third-order valence-corrected chi connectivity index (χ3v) is 6.28. The third-order valence-electron chi connectivity index (χ3n) is 6.28. The topological polar surface area (TPSA) is 67.9 Å². The fraction of sp³-hybridized carbons (Fsp3) is 0.846. The van der Waals surface area contributed by atoms with E-state index < -0.39 is 6.10 Å². The molecule has 0 saturated carbocycles. The van der Waals surface area contributed by atoms with Crippen LogP contribution in [-0.4, -0.2) is 55.3 Å². The van der Waals surface area contributed by atoms with E-state index in [2.05, 4.69) is 38.0 Å². The van der Waals surface area contributed by atoms with Crippen molar-refractivity contribution in [3.8, 4) is 0 Å². The van der Waals surface area contributed by atoms with Gasteiger partial charge in [0.25, 0.3) is 0 Å². The molecule has 1 fully saturated rings. The van der Waals surface area contributed by atoms with Gasteiger partial charge in [-0.2, -0.15) is 0 Å². The molecule has 2 atom stereocenters. The van der Waals surface area contributed by atoms with Crippen LogP contribution >= 0.6 is 0 Å². The van der Waals surface area contributed by atoms with Crippen molar-refractivity contribution < 1.29 is 19.1 Å². The normalized spacial score (nSPS) is 17.5. The minimum absolute atomic E-state index is 0.211. The lowest BCUT2D eigenvalue weighted by Crippen LogP contribution is -2.39. The van der Waals surface area contributed by atoms with Gasteiger partial charge in [0.15, 0.2) is 0 Å². The summed E-state index contributed by atoms with van der Waals surface area (Å²) >= 11 is 0. The Morgan fingerprint density at radius 3 is 2.16 bits per heavy atom. The van der Waals surface area contributed by atoms with Crippen molar-refractivity contribution in [1.29, 1.82) is 0 Å². The fourth-order valence-corrected chi connectivity index (χ4v) is 4.28. The van der Waals surface area contributed by atoms with Crippen LogP contribution in [0.15, 0.2) is 0 Å². The average Bonchev–Trinajstić information content (AvgIpc) is 3.15. The molecule has 0 bridgehead atoms. The summed E-state index contributed by atoms with van der Waals surface area (Å²) in [6.07, 6.45) is 15.1. The number of carbonyl (C=O) groups is 2. The molecule has 0 aromatic heterocycles. The van der Waals surface area contributed by atoms with Crippen LogP contribution in [-0.2, 0) is 14.3 Å². The molecule has 1 aliphatic heterocycles. The Labute approximate surface area is 197 Å². The molecular weight excluding hydrogens is 404 g/mol. The minimum Gasteiger partial charge on any atom is -0.462 e. The van der Waals surface area contributed by atoms with Gasteiger partial charge in [-0.1, -0.05) is 64.7 Å². The molecule has 1 saturated heterocycles. The van der Waals surface area contributed by atoms with Gasteiger partial charge in [0, 0.05) is 19.0 Å². The van der Waals surface area contributed by atoms with Gasteiger partial charge in [-0.25, -0.2) is 4.79 Å². The lowest BCUT2D eigenvalue weighted by Gasteiger charge is -2.22. The zero-order valence-electron chi connectivity index (χ0n) is 20.7. The maximum absolute atomic E-state index is 12.3. The monoisotopic (exact) mass is 452 g/mol. The number of nitrogens with one attached hydrogen (secondary N) is 1. The zero-order valence-corrected chi connectivity index (χ0v) is 20.7. The van der Waals surface area contributed by atoms with Gasteiger partial charge in [0.1, 0.15) is 12.2 Å². The van der Waals surface area contributed by atoms with Gasteiger partial charge in [0.05, 0.1) is 0 Å². The van der Waals surface area contributed by atoms with E-state index in [9.17, 15) is 9.59 Å². The molecule has 6 nitrogen and oxygen atoms in total. The maximum atomic E-state index is 12.3.